The van der Waals surface area contributed by atoms with Gasteiger partial charge < -0.3 is 15.0 Å². The van der Waals surface area contributed by atoms with Gasteiger partial charge in [-0.25, -0.2) is 8.42 Å². The van der Waals surface area contributed by atoms with Crippen molar-refractivity contribution in [3.63, 3.8) is 0 Å². The number of nitrogens with one attached hydrogen (secondary N) is 1. The van der Waals surface area contributed by atoms with Crippen LogP contribution in [0.25, 0.3) is 0 Å². The summed E-state index contributed by atoms with van der Waals surface area (Å²) in [6.45, 7) is 0.223. The van der Waals surface area contributed by atoms with E-state index in [4.69, 9.17) is 4.74 Å². The highest BCUT2D eigenvalue weighted by atomic mass is 32.2. The molecule has 3 heterocycles. The molecule has 1 N–H and O–H groups in total. The molecule has 2 saturated heterocycles. The average Bonchev–Trinajstić information content (AvgIpc) is 3.47. The van der Waals surface area contributed by atoms with Gasteiger partial charge in [0.15, 0.2) is 15.6 Å². The molecule has 2 fully saturated rings. The van der Waals surface area contributed by atoms with Crippen LogP contribution in [0.15, 0.2) is 47.2 Å². The number of nitrogens with zero attached hydrogens (tertiary/aromatic N) is 1. The molecule has 2 aliphatic heterocycles. The second-order valence-electron chi connectivity index (χ2n) is 7.66. The van der Waals surface area contributed by atoms with Crippen LogP contribution in [0.4, 0.5) is 0 Å². The van der Waals surface area contributed by atoms with E-state index in [1.807, 2.05) is 0 Å². The Bertz CT molecular complexity index is 1070. The van der Waals surface area contributed by atoms with E-state index in [1.54, 1.807) is 47.2 Å². The lowest BCUT2D eigenvalue weighted by molar-refractivity contribution is -0.137. The zero-order chi connectivity index (χ0) is 22.0. The van der Waals surface area contributed by atoms with E-state index in [1.165, 1.54) is 16.2 Å². The van der Waals surface area contributed by atoms with Crippen LogP contribution in [0, 0.1) is 0 Å². The first-order valence-electron chi connectivity index (χ1n) is 9.86. The fourth-order valence-corrected chi connectivity index (χ4v) is 6.18. The van der Waals surface area contributed by atoms with Gasteiger partial charge in [-0.2, -0.15) is 11.3 Å². The van der Waals surface area contributed by atoms with Gasteiger partial charge in [-0.05, 0) is 23.4 Å². The number of amides is 2. The third kappa shape index (κ3) is 4.86. The monoisotopic (exact) mass is 462 g/mol. The summed E-state index contributed by atoms with van der Waals surface area (Å²) < 4.78 is 31.2. The van der Waals surface area contributed by atoms with Crippen molar-refractivity contribution in [2.45, 2.75) is 30.4 Å². The van der Waals surface area contributed by atoms with E-state index in [-0.39, 0.29) is 30.8 Å². The number of thiophene rings is 1. The Morgan fingerprint density at radius 3 is 2.71 bits per heavy atom. The summed E-state index contributed by atoms with van der Waals surface area (Å²) in [4.78, 5) is 39.5. The normalized spacial score (nSPS) is 21.7. The molecule has 2 aliphatic rings. The Morgan fingerprint density at radius 2 is 2.00 bits per heavy atom. The van der Waals surface area contributed by atoms with Gasteiger partial charge in [0.05, 0.1) is 23.2 Å². The Balaban J connectivity index is 1.56. The molecule has 2 aromatic rings. The number of benzene rings is 1. The molecule has 164 valence electrons. The molecule has 0 saturated carbocycles. The third-order valence-electron chi connectivity index (χ3n) is 5.43. The number of sulfone groups is 1. The Hall–Kier alpha value is -2.56. The highest BCUT2D eigenvalue weighted by molar-refractivity contribution is 7.90. The molecule has 31 heavy (non-hydrogen) atoms. The molecule has 2 amide bonds. The average molecular weight is 463 g/mol. The maximum atomic E-state index is 13.3. The summed E-state index contributed by atoms with van der Waals surface area (Å²) in [5.41, 5.74) is 0.946. The lowest BCUT2D eigenvalue weighted by atomic mass is 10.1. The Morgan fingerprint density at radius 1 is 1.23 bits per heavy atom. The number of carbonyl (C=O) groups excluding carboxylic acids is 3. The summed E-state index contributed by atoms with van der Waals surface area (Å²) >= 11 is 1.32. The van der Waals surface area contributed by atoms with Gasteiger partial charge in [-0.3, -0.25) is 14.4 Å². The smallest absolute Gasteiger partial charge is 0.252 e. The molecule has 4 rings (SSSR count). The van der Waals surface area contributed by atoms with Crippen LogP contribution in [-0.2, 0) is 29.9 Å². The standard InChI is InChI=1S/C21H22N2O6S2/c24-17-10-29-18-6-8-23(19(17)18)21(26)16(22-20(25)15-7-9-30-11-15)13-31(27,28)12-14-4-2-1-3-5-14/h1-5,7,9,11,16,18-19H,6,8,10,12-13H2,(H,22,25). The van der Waals surface area contributed by atoms with Crippen LogP contribution >= 0.6 is 11.3 Å². The zero-order valence-corrected chi connectivity index (χ0v) is 18.2. The first-order chi connectivity index (χ1) is 14.8. The number of ether oxygens (including phenoxy) is 1. The van der Waals surface area contributed by atoms with E-state index >= 15 is 0 Å². The quantitative estimate of drug-likeness (QED) is 0.658. The zero-order valence-electron chi connectivity index (χ0n) is 16.6. The summed E-state index contributed by atoms with van der Waals surface area (Å²) in [5, 5.41) is 5.92. The van der Waals surface area contributed by atoms with Crippen LogP contribution in [0.1, 0.15) is 22.3 Å². The number of rotatable bonds is 7. The van der Waals surface area contributed by atoms with Gasteiger partial charge in [0.2, 0.25) is 5.91 Å². The van der Waals surface area contributed by atoms with Gasteiger partial charge in [-0.1, -0.05) is 30.3 Å². The molecule has 8 nitrogen and oxygen atoms in total. The van der Waals surface area contributed by atoms with Crippen LogP contribution in [0.3, 0.4) is 0 Å². The Labute approximate surface area is 184 Å². The van der Waals surface area contributed by atoms with Crippen molar-refractivity contribution in [1.29, 1.82) is 0 Å². The van der Waals surface area contributed by atoms with E-state index in [0.717, 1.165) is 0 Å². The highest BCUT2D eigenvalue weighted by Crippen LogP contribution is 2.27. The number of hydrogen-bond acceptors (Lipinski definition) is 7. The number of fused-ring (bicyclic) bond motifs is 1. The molecule has 1 aromatic carbocycles. The molecule has 0 bridgehead atoms. The molecule has 3 unspecified atom stereocenters. The van der Waals surface area contributed by atoms with Gasteiger partial charge in [0.25, 0.3) is 5.91 Å². The number of ketones is 1. The second-order valence-corrected chi connectivity index (χ2v) is 10.5. The van der Waals surface area contributed by atoms with Gasteiger partial charge in [0, 0.05) is 11.9 Å². The van der Waals surface area contributed by atoms with Crippen molar-refractivity contribution in [2.75, 3.05) is 18.9 Å². The molecule has 10 heteroatoms. The number of Topliss-reactive ketones (excluding diaryl/α,β-unsaturated/α-hetero) is 1. The van der Waals surface area contributed by atoms with Crippen molar-refractivity contribution in [1.82, 2.24) is 10.2 Å². The predicted molar refractivity (Wildman–Crippen MR) is 114 cm³/mol. The summed E-state index contributed by atoms with van der Waals surface area (Å²) in [6.07, 6.45) is 0.134. The fraction of sp³-hybridized carbons (Fsp3) is 0.381. The summed E-state index contributed by atoms with van der Waals surface area (Å²) in [7, 11) is -3.73. The minimum Gasteiger partial charge on any atom is -0.368 e. The van der Waals surface area contributed by atoms with Gasteiger partial charge >= 0.3 is 0 Å². The van der Waals surface area contributed by atoms with Crippen LogP contribution in [0.5, 0.6) is 0 Å². The summed E-state index contributed by atoms with van der Waals surface area (Å²) in [6, 6.07) is 8.23. The van der Waals surface area contributed by atoms with Crippen LogP contribution < -0.4 is 5.32 Å². The van der Waals surface area contributed by atoms with E-state index in [0.29, 0.717) is 17.5 Å². The molecule has 0 aliphatic carbocycles. The first kappa shape index (κ1) is 21.7. The van der Waals surface area contributed by atoms with E-state index in [9.17, 15) is 22.8 Å². The summed E-state index contributed by atoms with van der Waals surface area (Å²) in [5.74, 6) is -2.11. The molecule has 3 atom stereocenters. The molecular weight excluding hydrogens is 440 g/mol. The topological polar surface area (TPSA) is 110 Å². The molecule has 1 aromatic heterocycles. The predicted octanol–water partition coefficient (Wildman–Crippen LogP) is 1.03. The second kappa shape index (κ2) is 8.89. The maximum absolute atomic E-state index is 13.3. The van der Waals surface area contributed by atoms with E-state index < -0.39 is 39.5 Å². The van der Waals surface area contributed by atoms with Crippen LogP contribution in [0.2, 0.25) is 0 Å². The minimum atomic E-state index is -3.73. The van der Waals surface area contributed by atoms with Gasteiger partial charge in [0.1, 0.15) is 18.7 Å². The Kier molecular flexibility index (Phi) is 6.22. The molecule has 0 radical (unpaired) electrons. The lowest BCUT2D eigenvalue weighted by Gasteiger charge is -2.27. The number of carbonyl (C=O) groups is 3. The lowest BCUT2D eigenvalue weighted by Crippen LogP contribution is -2.54. The van der Waals surface area contributed by atoms with E-state index in [2.05, 4.69) is 5.32 Å². The molecule has 0 spiro atoms. The van der Waals surface area contributed by atoms with Crippen molar-refractivity contribution >= 4 is 38.8 Å². The third-order valence-corrected chi connectivity index (χ3v) is 7.73. The largest absolute Gasteiger partial charge is 0.368 e. The van der Waals surface area contributed by atoms with Gasteiger partial charge in [-0.15, -0.1) is 0 Å². The number of hydrogen-bond donors (Lipinski definition) is 1. The SMILES string of the molecule is O=C(NC(CS(=O)(=O)Cc1ccccc1)C(=O)N1CCC2OCC(=O)C21)c1ccsc1. The number of likely N-dealkylation sites (tertiary alicyclic amines) is 1. The molecular formula is C21H22N2O6S2. The van der Waals surface area contributed by atoms with Crippen LogP contribution in [-0.4, -0.2) is 68.0 Å². The van der Waals surface area contributed by atoms with Crippen molar-refractivity contribution < 1.29 is 27.5 Å². The maximum Gasteiger partial charge on any atom is 0.252 e. The first-order valence-corrected chi connectivity index (χ1v) is 12.6. The van der Waals surface area contributed by atoms with Crippen molar-refractivity contribution in [3.05, 3.63) is 58.3 Å². The minimum absolute atomic E-state index is 0.0582. The van der Waals surface area contributed by atoms with Crippen molar-refractivity contribution in [2.24, 2.45) is 0 Å². The van der Waals surface area contributed by atoms with Crippen molar-refractivity contribution in [3.8, 4) is 0 Å². The fourth-order valence-electron chi connectivity index (χ4n) is 3.99. The highest BCUT2D eigenvalue weighted by Gasteiger charge is 2.48.